The van der Waals surface area contributed by atoms with Crippen LogP contribution in [0.3, 0.4) is 0 Å². The number of hydrogen-bond acceptors (Lipinski definition) is 3. The van der Waals surface area contributed by atoms with E-state index in [2.05, 4.69) is 0 Å². The molecule has 0 bridgehead atoms. The van der Waals surface area contributed by atoms with E-state index in [4.69, 9.17) is 16.7 Å². The lowest BCUT2D eigenvalue weighted by Crippen LogP contribution is -2.37. The van der Waals surface area contributed by atoms with E-state index < -0.39 is 0 Å². The van der Waals surface area contributed by atoms with Gasteiger partial charge in [-0.05, 0) is 0 Å². The smallest absolute Gasteiger partial charge is 0.160 e. The minimum atomic E-state index is 0.00574. The Kier molecular flexibility index (Phi) is 2.76. The third-order valence-electron chi connectivity index (χ3n) is 1.65. The van der Waals surface area contributed by atoms with Crippen molar-refractivity contribution in [1.82, 2.24) is 5.01 Å². The summed E-state index contributed by atoms with van der Waals surface area (Å²) in [4.78, 5) is 0. The van der Waals surface area contributed by atoms with E-state index >= 15 is 0 Å². The minimum Gasteiger partial charge on any atom is -0.297 e. The standard InChI is InChI=1S/C9H12N4/c1-13(12)9(11)8(10)7-5-3-2-4-6-7/h2-6,10-11H,12H2,1H3. The molecule has 13 heavy (non-hydrogen) atoms. The molecule has 68 valence electrons. The van der Waals surface area contributed by atoms with Crippen molar-refractivity contribution in [2.45, 2.75) is 0 Å². The highest BCUT2D eigenvalue weighted by Crippen LogP contribution is 2.00. The fourth-order valence-corrected chi connectivity index (χ4v) is 0.918. The average Bonchev–Trinajstić information content (AvgIpc) is 2.17. The second kappa shape index (κ2) is 3.82. The highest BCUT2D eigenvalue weighted by atomic mass is 15.4. The topological polar surface area (TPSA) is 77.0 Å². The summed E-state index contributed by atoms with van der Waals surface area (Å²) < 4.78 is 0. The Hall–Kier alpha value is -1.68. The molecule has 0 fully saturated rings. The molecule has 4 heteroatoms. The molecule has 1 rings (SSSR count). The summed E-state index contributed by atoms with van der Waals surface area (Å²) in [7, 11) is 1.54. The van der Waals surface area contributed by atoms with Gasteiger partial charge in [0.15, 0.2) is 5.84 Å². The fourth-order valence-electron chi connectivity index (χ4n) is 0.918. The zero-order chi connectivity index (χ0) is 9.84. The third-order valence-corrected chi connectivity index (χ3v) is 1.65. The third kappa shape index (κ3) is 2.13. The summed E-state index contributed by atoms with van der Waals surface area (Å²) in [5.74, 6) is 5.35. The van der Waals surface area contributed by atoms with Gasteiger partial charge in [-0.15, -0.1) is 0 Å². The van der Waals surface area contributed by atoms with Gasteiger partial charge in [-0.2, -0.15) is 0 Å². The number of hydrazine groups is 1. The first-order valence-corrected chi connectivity index (χ1v) is 3.84. The molecule has 0 aliphatic rings. The molecule has 0 spiro atoms. The van der Waals surface area contributed by atoms with E-state index in [-0.39, 0.29) is 11.5 Å². The van der Waals surface area contributed by atoms with Crippen molar-refractivity contribution in [2.75, 3.05) is 7.05 Å². The molecule has 0 radical (unpaired) electrons. The van der Waals surface area contributed by atoms with Crippen LogP contribution in [0.15, 0.2) is 30.3 Å². The molecule has 0 aromatic heterocycles. The van der Waals surface area contributed by atoms with E-state index in [0.29, 0.717) is 5.56 Å². The summed E-state index contributed by atoms with van der Waals surface area (Å²) in [6, 6.07) is 9.08. The molecule has 0 atom stereocenters. The zero-order valence-corrected chi connectivity index (χ0v) is 7.41. The molecule has 0 saturated carbocycles. The number of likely N-dealkylation sites (N-methyl/N-ethyl adjacent to an activating group) is 1. The van der Waals surface area contributed by atoms with Gasteiger partial charge in [0, 0.05) is 12.6 Å². The van der Waals surface area contributed by atoms with Crippen LogP contribution < -0.4 is 5.84 Å². The second-order valence-electron chi connectivity index (χ2n) is 2.70. The molecule has 4 N–H and O–H groups in total. The normalized spacial score (nSPS) is 9.38. The molecule has 0 aliphatic heterocycles. The molecular weight excluding hydrogens is 164 g/mol. The molecule has 1 aromatic carbocycles. The molecule has 0 unspecified atom stereocenters. The van der Waals surface area contributed by atoms with Gasteiger partial charge in [0.2, 0.25) is 0 Å². The summed E-state index contributed by atoms with van der Waals surface area (Å²) in [6.45, 7) is 0. The van der Waals surface area contributed by atoms with Crippen molar-refractivity contribution < 1.29 is 0 Å². The Labute approximate surface area is 77.0 Å². The number of nitrogens with zero attached hydrogens (tertiary/aromatic N) is 1. The maximum absolute atomic E-state index is 7.62. The molecule has 1 aromatic rings. The predicted octanol–water partition coefficient (Wildman–Crippen LogP) is 0.837. The van der Waals surface area contributed by atoms with E-state index in [0.717, 1.165) is 5.01 Å². The fraction of sp³-hybridized carbons (Fsp3) is 0.111. The lowest BCUT2D eigenvalue weighted by Gasteiger charge is -2.13. The number of rotatable bonds is 2. The lowest BCUT2D eigenvalue weighted by molar-refractivity contribution is 0.542. The largest absolute Gasteiger partial charge is 0.297 e. The van der Waals surface area contributed by atoms with E-state index in [9.17, 15) is 0 Å². The van der Waals surface area contributed by atoms with Crippen molar-refractivity contribution in [3.05, 3.63) is 35.9 Å². The van der Waals surface area contributed by atoms with E-state index in [1.807, 2.05) is 18.2 Å². The van der Waals surface area contributed by atoms with E-state index in [1.54, 1.807) is 19.2 Å². The van der Waals surface area contributed by atoms with Gasteiger partial charge < -0.3 is 0 Å². The van der Waals surface area contributed by atoms with Crippen LogP contribution in [0.1, 0.15) is 5.56 Å². The van der Waals surface area contributed by atoms with Crippen LogP contribution in [0.5, 0.6) is 0 Å². The first kappa shape index (κ1) is 9.41. The van der Waals surface area contributed by atoms with Crippen LogP contribution in [0.25, 0.3) is 0 Å². The predicted molar refractivity (Wildman–Crippen MR) is 52.9 cm³/mol. The molecule has 0 amide bonds. The van der Waals surface area contributed by atoms with Gasteiger partial charge in [-0.1, -0.05) is 30.3 Å². The Morgan fingerprint density at radius 2 is 1.77 bits per heavy atom. The SMILES string of the molecule is CN(N)C(=N)C(=N)c1ccccc1. The van der Waals surface area contributed by atoms with Gasteiger partial charge >= 0.3 is 0 Å². The molecule has 0 heterocycles. The number of nitrogens with two attached hydrogens (primary N) is 1. The molecular formula is C9H12N4. The van der Waals surface area contributed by atoms with Crippen molar-refractivity contribution in [3.8, 4) is 0 Å². The van der Waals surface area contributed by atoms with Gasteiger partial charge in [-0.25, -0.2) is 5.84 Å². The Morgan fingerprint density at radius 1 is 1.23 bits per heavy atom. The maximum Gasteiger partial charge on any atom is 0.160 e. The summed E-state index contributed by atoms with van der Waals surface area (Å²) >= 11 is 0. The number of hydrogen-bond donors (Lipinski definition) is 3. The number of benzene rings is 1. The van der Waals surface area contributed by atoms with Crippen LogP contribution in [0.2, 0.25) is 0 Å². The van der Waals surface area contributed by atoms with Crippen LogP contribution >= 0.6 is 0 Å². The van der Waals surface area contributed by atoms with Gasteiger partial charge in [-0.3, -0.25) is 15.8 Å². The van der Waals surface area contributed by atoms with Crippen molar-refractivity contribution >= 4 is 11.5 Å². The highest BCUT2D eigenvalue weighted by molar-refractivity contribution is 6.44. The summed E-state index contributed by atoms with van der Waals surface area (Å²) in [5.41, 5.74) is 0.829. The van der Waals surface area contributed by atoms with E-state index in [1.165, 1.54) is 0 Å². The Morgan fingerprint density at radius 3 is 2.23 bits per heavy atom. The first-order chi connectivity index (χ1) is 6.13. The van der Waals surface area contributed by atoms with Crippen molar-refractivity contribution in [2.24, 2.45) is 5.84 Å². The molecule has 4 nitrogen and oxygen atoms in total. The average molecular weight is 176 g/mol. The molecule has 0 aliphatic carbocycles. The van der Waals surface area contributed by atoms with Crippen LogP contribution in [-0.4, -0.2) is 23.6 Å². The number of amidine groups is 1. The quantitative estimate of drug-likeness (QED) is 0.270. The zero-order valence-electron chi connectivity index (χ0n) is 7.41. The Bertz CT molecular complexity index is 316. The monoisotopic (exact) mass is 176 g/mol. The number of nitrogens with one attached hydrogen (secondary N) is 2. The summed E-state index contributed by atoms with van der Waals surface area (Å²) in [6.07, 6.45) is 0. The maximum atomic E-state index is 7.62. The lowest BCUT2D eigenvalue weighted by atomic mass is 10.1. The molecule has 0 saturated heterocycles. The second-order valence-corrected chi connectivity index (χ2v) is 2.70. The van der Waals surface area contributed by atoms with Crippen molar-refractivity contribution in [3.63, 3.8) is 0 Å². The summed E-state index contributed by atoms with van der Waals surface area (Å²) in [5, 5.41) is 16.2. The van der Waals surface area contributed by atoms with Gasteiger partial charge in [0.1, 0.15) is 5.71 Å². The van der Waals surface area contributed by atoms with Crippen LogP contribution in [-0.2, 0) is 0 Å². The van der Waals surface area contributed by atoms with Gasteiger partial charge in [0.25, 0.3) is 0 Å². The van der Waals surface area contributed by atoms with Crippen LogP contribution in [0.4, 0.5) is 0 Å². The van der Waals surface area contributed by atoms with Gasteiger partial charge in [0.05, 0.1) is 0 Å². The first-order valence-electron chi connectivity index (χ1n) is 3.84. The van der Waals surface area contributed by atoms with Crippen LogP contribution in [0, 0.1) is 10.8 Å². The highest BCUT2D eigenvalue weighted by Gasteiger charge is 2.08. The Balaban J connectivity index is 2.87. The van der Waals surface area contributed by atoms with Crippen molar-refractivity contribution in [1.29, 1.82) is 10.8 Å². The minimum absolute atomic E-state index is 0.00574.